The summed E-state index contributed by atoms with van der Waals surface area (Å²) in [5.74, 6) is -0.0135. The number of piperidine rings is 1. The molecule has 4 heterocycles. The molecular weight excluding hydrogens is 510 g/mol. The van der Waals surface area contributed by atoms with Gasteiger partial charge in [0.25, 0.3) is 0 Å². The average molecular weight is 548 g/mol. The Morgan fingerprint density at radius 1 is 1.10 bits per heavy atom. The van der Waals surface area contributed by atoms with Gasteiger partial charge in [-0.05, 0) is 67.9 Å². The molecule has 0 aliphatic carbocycles. The van der Waals surface area contributed by atoms with Crippen molar-refractivity contribution in [3.8, 4) is 17.0 Å². The number of ether oxygens (including phenoxy) is 2. The van der Waals surface area contributed by atoms with Crippen LogP contribution in [0.4, 0.5) is 5.13 Å². The highest BCUT2D eigenvalue weighted by Gasteiger charge is 2.44. The van der Waals surface area contributed by atoms with Gasteiger partial charge in [-0.1, -0.05) is 30.3 Å². The van der Waals surface area contributed by atoms with Gasteiger partial charge in [0.15, 0.2) is 5.13 Å². The van der Waals surface area contributed by atoms with Crippen LogP contribution in [0, 0.1) is 19.8 Å². The lowest BCUT2D eigenvalue weighted by molar-refractivity contribution is -0.142. The fraction of sp³-hybridized carbons (Fsp3) is 0.484. The monoisotopic (exact) mass is 547 g/mol. The number of carbonyl (C=O) groups is 1. The summed E-state index contributed by atoms with van der Waals surface area (Å²) in [5.41, 5.74) is 6.77. The van der Waals surface area contributed by atoms with E-state index in [2.05, 4.69) is 65.4 Å². The fourth-order valence-electron chi connectivity index (χ4n) is 6.43. The van der Waals surface area contributed by atoms with Gasteiger partial charge in [-0.25, -0.2) is 4.98 Å². The second-order valence-corrected chi connectivity index (χ2v) is 12.0. The molecule has 2 atom stereocenters. The molecule has 39 heavy (non-hydrogen) atoms. The van der Waals surface area contributed by atoms with Crippen LogP contribution in [0.25, 0.3) is 11.3 Å². The Kier molecular flexibility index (Phi) is 7.60. The van der Waals surface area contributed by atoms with Crippen molar-refractivity contribution in [1.29, 1.82) is 0 Å². The number of fused-ring (bicyclic) bond motifs is 2. The van der Waals surface area contributed by atoms with Gasteiger partial charge in [0.05, 0.1) is 24.8 Å². The summed E-state index contributed by atoms with van der Waals surface area (Å²) in [6.45, 7) is 9.31. The number of aliphatic carboxylic acids is 1. The Bertz CT molecular complexity index is 1320. The maximum absolute atomic E-state index is 11.6. The first-order valence-electron chi connectivity index (χ1n) is 14.0. The van der Waals surface area contributed by atoms with E-state index in [4.69, 9.17) is 14.5 Å². The van der Waals surface area contributed by atoms with Crippen molar-refractivity contribution >= 4 is 22.4 Å². The van der Waals surface area contributed by atoms with E-state index in [1.165, 1.54) is 16.7 Å². The van der Waals surface area contributed by atoms with Gasteiger partial charge in [0, 0.05) is 42.7 Å². The summed E-state index contributed by atoms with van der Waals surface area (Å²) in [7, 11) is 0. The first-order valence-corrected chi connectivity index (χ1v) is 14.9. The lowest BCUT2D eigenvalue weighted by Gasteiger charge is -2.37. The predicted octanol–water partition coefficient (Wildman–Crippen LogP) is 5.67. The summed E-state index contributed by atoms with van der Waals surface area (Å²) in [4.78, 5) is 21.5. The van der Waals surface area contributed by atoms with E-state index < -0.39 is 5.97 Å². The zero-order valence-corrected chi connectivity index (χ0v) is 23.6. The van der Waals surface area contributed by atoms with Crippen molar-refractivity contribution in [1.82, 2.24) is 9.88 Å². The van der Waals surface area contributed by atoms with Gasteiger partial charge in [-0.15, -0.1) is 11.3 Å². The van der Waals surface area contributed by atoms with Gasteiger partial charge in [0.1, 0.15) is 12.4 Å². The van der Waals surface area contributed by atoms with Crippen LogP contribution in [0.3, 0.4) is 0 Å². The molecule has 0 radical (unpaired) electrons. The molecule has 0 saturated carbocycles. The number of carboxylic acids is 1. The van der Waals surface area contributed by atoms with Crippen LogP contribution in [-0.4, -0.2) is 59.3 Å². The van der Waals surface area contributed by atoms with Crippen molar-refractivity contribution < 1.29 is 19.4 Å². The molecule has 3 fully saturated rings. The second-order valence-electron chi connectivity index (χ2n) is 11.2. The van der Waals surface area contributed by atoms with Gasteiger partial charge in [-0.2, -0.15) is 0 Å². The Hall–Kier alpha value is -2.94. The van der Waals surface area contributed by atoms with Gasteiger partial charge in [-0.3, -0.25) is 9.69 Å². The second kappa shape index (κ2) is 11.3. The number of para-hydroxylation sites is 1. The third kappa shape index (κ3) is 5.55. The number of morpholine rings is 1. The first kappa shape index (κ1) is 26.3. The largest absolute Gasteiger partial charge is 0.488 e. The number of carboxylic acid groups (broad SMARTS) is 1. The standard InChI is InChI=1S/C31H37N3O4S/c1-20-4-3-5-27(28-19-39-31(32-28)34-25-8-9-26(34)16-24(15-25)30(35)36)29(20)38-18-23-7-6-22(14-21(23)2)17-33-10-12-37-13-11-33/h3-7,14,19,24-26H,8-13,15-18H2,1-2H3,(H,35,36). The molecule has 0 amide bonds. The fourth-order valence-corrected chi connectivity index (χ4v) is 7.40. The minimum atomic E-state index is -0.657. The number of aromatic nitrogens is 1. The number of hydrogen-bond donors (Lipinski definition) is 1. The van der Waals surface area contributed by atoms with Crippen LogP contribution >= 0.6 is 11.3 Å². The average Bonchev–Trinajstić information content (AvgIpc) is 3.50. The number of benzene rings is 2. The zero-order valence-electron chi connectivity index (χ0n) is 22.8. The molecule has 1 aromatic heterocycles. The third-order valence-corrected chi connectivity index (χ3v) is 9.43. The van der Waals surface area contributed by atoms with Gasteiger partial charge < -0.3 is 19.5 Å². The Labute approximate surface area is 234 Å². The van der Waals surface area contributed by atoms with Crippen LogP contribution in [0.15, 0.2) is 41.8 Å². The summed E-state index contributed by atoms with van der Waals surface area (Å²) >= 11 is 1.66. The zero-order chi connectivity index (χ0) is 26.9. The maximum Gasteiger partial charge on any atom is 0.306 e. The first-order chi connectivity index (χ1) is 19.0. The smallest absolute Gasteiger partial charge is 0.306 e. The lowest BCUT2D eigenvalue weighted by Crippen LogP contribution is -2.44. The van der Waals surface area contributed by atoms with Crippen LogP contribution in [0.1, 0.15) is 47.9 Å². The molecular formula is C31H37N3O4S. The molecule has 7 nitrogen and oxygen atoms in total. The van der Waals surface area contributed by atoms with E-state index in [0.717, 1.165) is 73.4 Å². The van der Waals surface area contributed by atoms with E-state index in [0.29, 0.717) is 19.4 Å². The van der Waals surface area contributed by atoms with Gasteiger partial charge >= 0.3 is 5.97 Å². The molecule has 8 heteroatoms. The van der Waals surface area contributed by atoms with E-state index in [-0.39, 0.29) is 18.0 Å². The topological polar surface area (TPSA) is 75.1 Å². The van der Waals surface area contributed by atoms with E-state index >= 15 is 0 Å². The molecule has 1 N–H and O–H groups in total. The number of nitrogens with zero attached hydrogens (tertiary/aromatic N) is 3. The van der Waals surface area contributed by atoms with E-state index in [1.807, 2.05) is 0 Å². The molecule has 3 aliphatic heterocycles. The molecule has 6 rings (SSSR count). The Morgan fingerprint density at radius 2 is 1.87 bits per heavy atom. The molecule has 2 unspecified atom stereocenters. The number of aryl methyl sites for hydroxylation is 2. The van der Waals surface area contributed by atoms with Crippen molar-refractivity contribution in [2.45, 2.75) is 64.8 Å². The summed E-state index contributed by atoms with van der Waals surface area (Å²) in [6, 6.07) is 13.5. The van der Waals surface area contributed by atoms with Crippen LogP contribution < -0.4 is 9.64 Å². The predicted molar refractivity (Wildman–Crippen MR) is 154 cm³/mol. The number of thiazole rings is 1. The van der Waals surface area contributed by atoms with Crippen molar-refractivity contribution in [3.63, 3.8) is 0 Å². The Morgan fingerprint density at radius 3 is 2.59 bits per heavy atom. The van der Waals surface area contributed by atoms with E-state index in [1.54, 1.807) is 11.3 Å². The molecule has 2 aromatic carbocycles. The molecule has 3 aromatic rings. The quantitative estimate of drug-likeness (QED) is 0.389. The molecule has 206 valence electrons. The number of rotatable bonds is 8. The van der Waals surface area contributed by atoms with E-state index in [9.17, 15) is 9.90 Å². The van der Waals surface area contributed by atoms with Crippen LogP contribution in [0.5, 0.6) is 5.75 Å². The van der Waals surface area contributed by atoms with Gasteiger partial charge in [0.2, 0.25) is 0 Å². The molecule has 3 saturated heterocycles. The highest BCUT2D eigenvalue weighted by Crippen LogP contribution is 2.44. The maximum atomic E-state index is 11.6. The highest BCUT2D eigenvalue weighted by atomic mass is 32.1. The number of hydrogen-bond acceptors (Lipinski definition) is 7. The SMILES string of the molecule is Cc1cc(CN2CCOCC2)ccc1COc1c(C)cccc1-c1csc(N2C3CCC2CC(C(=O)O)C3)n1. The van der Waals surface area contributed by atoms with Crippen LogP contribution in [-0.2, 0) is 22.7 Å². The normalized spacial score (nSPS) is 23.2. The third-order valence-electron chi connectivity index (χ3n) is 8.57. The molecule has 2 bridgehead atoms. The minimum absolute atomic E-state index is 0.230. The summed E-state index contributed by atoms with van der Waals surface area (Å²) in [5, 5.41) is 12.7. The van der Waals surface area contributed by atoms with Crippen molar-refractivity contribution in [2.24, 2.45) is 5.92 Å². The highest BCUT2D eigenvalue weighted by molar-refractivity contribution is 7.14. The lowest BCUT2D eigenvalue weighted by atomic mass is 9.91. The molecule has 3 aliphatic rings. The number of anilines is 1. The van der Waals surface area contributed by atoms with Crippen molar-refractivity contribution in [2.75, 3.05) is 31.2 Å². The summed E-state index contributed by atoms with van der Waals surface area (Å²) in [6.07, 6.45) is 3.52. The summed E-state index contributed by atoms with van der Waals surface area (Å²) < 4.78 is 12.0. The van der Waals surface area contributed by atoms with Crippen LogP contribution in [0.2, 0.25) is 0 Å². The Balaban J connectivity index is 1.17. The van der Waals surface area contributed by atoms with Crippen molar-refractivity contribution in [3.05, 3.63) is 64.0 Å². The minimum Gasteiger partial charge on any atom is -0.488 e. The molecule has 0 spiro atoms.